The maximum Gasteiger partial charge on any atom is 0.511 e. The van der Waals surface area contributed by atoms with E-state index in [0.717, 1.165) is 5.56 Å². The van der Waals surface area contributed by atoms with Crippen molar-refractivity contribution < 1.29 is 14.3 Å². The monoisotopic (exact) mass is 226 g/mol. The van der Waals surface area contributed by atoms with Crippen LogP contribution in [0.15, 0.2) is 35.5 Å². The Morgan fingerprint density at radius 3 is 2.73 bits per heavy atom. The Bertz CT molecular complexity index is 351. The molecule has 0 aliphatic rings. The molecule has 1 unspecified atom stereocenters. The van der Waals surface area contributed by atoms with E-state index in [1.807, 2.05) is 30.3 Å². The smallest absolute Gasteiger partial charge is 0.391 e. The van der Waals surface area contributed by atoms with Gasteiger partial charge in [-0.1, -0.05) is 35.5 Å². The van der Waals surface area contributed by atoms with Crippen LogP contribution in [0.1, 0.15) is 12.5 Å². The number of nitrogens with zero attached hydrogens (tertiary/aromatic N) is 1. The van der Waals surface area contributed by atoms with E-state index in [2.05, 4.69) is 5.16 Å². The van der Waals surface area contributed by atoms with Crippen LogP contribution in [-0.4, -0.2) is 16.8 Å². The first kappa shape index (κ1) is 11.8. The van der Waals surface area contributed by atoms with Crippen LogP contribution in [0.2, 0.25) is 0 Å². The van der Waals surface area contributed by atoms with E-state index in [0.29, 0.717) is 12.3 Å². The molecule has 0 saturated heterocycles. The van der Waals surface area contributed by atoms with Gasteiger partial charge in [-0.15, -0.1) is 0 Å². The summed E-state index contributed by atoms with van der Waals surface area (Å²) in [6, 6.07) is 9.61. The molecule has 1 aromatic rings. The second-order valence-corrected chi connectivity index (χ2v) is 4.12. The molecule has 0 saturated carbocycles. The Labute approximate surface area is 89.4 Å². The second-order valence-electron chi connectivity index (χ2n) is 3.10. The van der Waals surface area contributed by atoms with Gasteiger partial charge in [0.2, 0.25) is 6.16 Å². The summed E-state index contributed by atoms with van der Waals surface area (Å²) < 4.78 is 10.5. The molecular formula is C10H13NO3P+. The Morgan fingerprint density at radius 2 is 2.13 bits per heavy atom. The first-order valence-corrected chi connectivity index (χ1v) is 5.91. The standard InChI is InChI=1S/C10H12NO3P/c1-9(8-15(12)13)11-14-7-10-5-3-2-4-6-10/h2-6H,7-8H2,1H3/p+1. The highest BCUT2D eigenvalue weighted by Gasteiger charge is 2.12. The zero-order valence-electron chi connectivity index (χ0n) is 8.46. The Balaban J connectivity index is 2.35. The van der Waals surface area contributed by atoms with Gasteiger partial charge in [0, 0.05) is 0 Å². The van der Waals surface area contributed by atoms with Gasteiger partial charge in [-0.05, 0) is 17.1 Å². The molecule has 5 heteroatoms. The maximum atomic E-state index is 10.5. The number of rotatable bonds is 5. The molecule has 1 atom stereocenters. The van der Waals surface area contributed by atoms with E-state index in [4.69, 9.17) is 9.73 Å². The number of hydrogen-bond donors (Lipinski definition) is 1. The number of benzene rings is 1. The topological polar surface area (TPSA) is 58.9 Å². The molecule has 0 amide bonds. The molecule has 0 radical (unpaired) electrons. The fourth-order valence-electron chi connectivity index (χ4n) is 1.02. The van der Waals surface area contributed by atoms with E-state index in [1.165, 1.54) is 0 Å². The molecule has 15 heavy (non-hydrogen) atoms. The molecule has 1 rings (SSSR count). The molecule has 0 spiro atoms. The molecule has 0 aromatic heterocycles. The van der Waals surface area contributed by atoms with E-state index < -0.39 is 8.03 Å². The second kappa shape index (κ2) is 6.27. The van der Waals surface area contributed by atoms with Gasteiger partial charge in [-0.25, -0.2) is 0 Å². The van der Waals surface area contributed by atoms with Gasteiger partial charge in [0.1, 0.15) is 12.3 Å². The fourth-order valence-corrected chi connectivity index (χ4v) is 1.47. The average molecular weight is 226 g/mol. The lowest BCUT2D eigenvalue weighted by atomic mass is 10.2. The Hall–Kier alpha value is -1.25. The summed E-state index contributed by atoms with van der Waals surface area (Å²) >= 11 is 0. The van der Waals surface area contributed by atoms with Crippen LogP contribution in [0.25, 0.3) is 0 Å². The summed E-state index contributed by atoms with van der Waals surface area (Å²) in [7, 11) is -2.17. The van der Waals surface area contributed by atoms with Crippen molar-refractivity contribution in [3.8, 4) is 0 Å². The van der Waals surface area contributed by atoms with Crippen molar-refractivity contribution in [2.75, 3.05) is 6.16 Å². The minimum atomic E-state index is -2.17. The van der Waals surface area contributed by atoms with Gasteiger partial charge in [-0.3, -0.25) is 0 Å². The van der Waals surface area contributed by atoms with Gasteiger partial charge in [0.25, 0.3) is 0 Å². The SMILES string of the molecule is CC(C[P+](=O)O)=NOCc1ccccc1. The largest absolute Gasteiger partial charge is 0.511 e. The first-order valence-electron chi connectivity index (χ1n) is 4.51. The third-order valence-electron chi connectivity index (χ3n) is 1.66. The summed E-state index contributed by atoms with van der Waals surface area (Å²) in [5.74, 6) is 0. The van der Waals surface area contributed by atoms with Crippen LogP contribution >= 0.6 is 8.03 Å². The predicted octanol–water partition coefficient (Wildman–Crippen LogP) is 2.31. The lowest BCUT2D eigenvalue weighted by Crippen LogP contribution is -1.97. The van der Waals surface area contributed by atoms with E-state index in [9.17, 15) is 4.57 Å². The molecule has 0 heterocycles. The van der Waals surface area contributed by atoms with Crippen molar-refractivity contribution in [2.45, 2.75) is 13.5 Å². The summed E-state index contributed by atoms with van der Waals surface area (Å²) in [6.45, 7) is 2.04. The molecule has 0 aliphatic heterocycles. The van der Waals surface area contributed by atoms with Crippen molar-refractivity contribution in [2.24, 2.45) is 5.16 Å². The van der Waals surface area contributed by atoms with Crippen molar-refractivity contribution in [1.82, 2.24) is 0 Å². The first-order chi connectivity index (χ1) is 7.18. The molecular weight excluding hydrogens is 213 g/mol. The average Bonchev–Trinajstić information content (AvgIpc) is 2.18. The number of oxime groups is 1. The highest BCUT2D eigenvalue weighted by molar-refractivity contribution is 7.39. The molecule has 0 aliphatic carbocycles. The molecule has 4 nitrogen and oxygen atoms in total. The van der Waals surface area contributed by atoms with Gasteiger partial charge in [0.05, 0.1) is 0 Å². The predicted molar refractivity (Wildman–Crippen MR) is 59.0 cm³/mol. The van der Waals surface area contributed by atoms with Gasteiger partial charge >= 0.3 is 8.03 Å². The van der Waals surface area contributed by atoms with Gasteiger partial charge in [0.15, 0.2) is 0 Å². The lowest BCUT2D eigenvalue weighted by molar-refractivity contribution is 0.130. The summed E-state index contributed by atoms with van der Waals surface area (Å²) in [6.07, 6.45) is 0.0596. The normalized spacial score (nSPS) is 12.4. The van der Waals surface area contributed by atoms with E-state index in [-0.39, 0.29) is 6.16 Å². The van der Waals surface area contributed by atoms with E-state index >= 15 is 0 Å². The van der Waals surface area contributed by atoms with Crippen LogP contribution in [-0.2, 0) is 16.0 Å². The minimum Gasteiger partial charge on any atom is -0.391 e. The zero-order valence-corrected chi connectivity index (χ0v) is 9.35. The molecule has 0 bridgehead atoms. The van der Waals surface area contributed by atoms with Gasteiger partial charge in [-0.2, -0.15) is 4.89 Å². The summed E-state index contributed by atoms with van der Waals surface area (Å²) in [5, 5.41) is 3.73. The molecule has 0 fully saturated rings. The maximum absolute atomic E-state index is 10.5. The third-order valence-corrected chi connectivity index (χ3v) is 2.39. The molecule has 1 N–H and O–H groups in total. The lowest BCUT2D eigenvalue weighted by Gasteiger charge is -1.99. The van der Waals surface area contributed by atoms with Crippen molar-refractivity contribution >= 4 is 13.7 Å². The fraction of sp³-hybridized carbons (Fsp3) is 0.300. The van der Waals surface area contributed by atoms with Gasteiger partial charge < -0.3 is 4.84 Å². The zero-order chi connectivity index (χ0) is 11.1. The van der Waals surface area contributed by atoms with Crippen LogP contribution in [0.5, 0.6) is 0 Å². The number of hydrogen-bond acceptors (Lipinski definition) is 3. The van der Waals surface area contributed by atoms with Crippen LogP contribution in [0.4, 0.5) is 0 Å². The highest BCUT2D eigenvalue weighted by Crippen LogP contribution is 2.12. The van der Waals surface area contributed by atoms with Crippen molar-refractivity contribution in [3.63, 3.8) is 0 Å². The van der Waals surface area contributed by atoms with E-state index in [1.54, 1.807) is 6.92 Å². The van der Waals surface area contributed by atoms with Crippen molar-refractivity contribution in [1.29, 1.82) is 0 Å². The third kappa shape index (κ3) is 5.25. The van der Waals surface area contributed by atoms with Crippen LogP contribution in [0, 0.1) is 0 Å². The Kier molecular flexibility index (Phi) is 4.95. The quantitative estimate of drug-likeness (QED) is 0.476. The highest BCUT2D eigenvalue weighted by atomic mass is 31.1. The minimum absolute atomic E-state index is 0.0596. The van der Waals surface area contributed by atoms with Crippen molar-refractivity contribution in [3.05, 3.63) is 35.9 Å². The molecule has 80 valence electrons. The Morgan fingerprint density at radius 1 is 1.47 bits per heavy atom. The summed E-state index contributed by atoms with van der Waals surface area (Å²) in [4.78, 5) is 13.6. The van der Waals surface area contributed by atoms with Crippen LogP contribution < -0.4 is 0 Å². The van der Waals surface area contributed by atoms with Crippen LogP contribution in [0.3, 0.4) is 0 Å². The molecule has 1 aromatic carbocycles. The summed E-state index contributed by atoms with van der Waals surface area (Å²) in [5.41, 5.74) is 1.54.